The molecule has 0 unspecified atom stereocenters. The monoisotopic (exact) mass is 418 g/mol. The molecule has 1 aromatic heterocycles. The van der Waals surface area contributed by atoms with Crippen molar-refractivity contribution in [2.24, 2.45) is 5.41 Å². The van der Waals surface area contributed by atoms with Gasteiger partial charge >= 0.3 is 6.18 Å². The minimum atomic E-state index is -4.51. The van der Waals surface area contributed by atoms with Gasteiger partial charge < -0.3 is 10.4 Å². The second-order valence-corrected chi connectivity index (χ2v) is 7.55. The lowest BCUT2D eigenvalue weighted by Gasteiger charge is -2.23. The quantitative estimate of drug-likeness (QED) is 0.515. The van der Waals surface area contributed by atoms with Gasteiger partial charge in [-0.2, -0.15) is 13.2 Å². The van der Waals surface area contributed by atoms with Crippen LogP contribution in [0, 0.1) is 5.41 Å². The highest BCUT2D eigenvalue weighted by molar-refractivity contribution is 5.94. The fourth-order valence-corrected chi connectivity index (χ4v) is 2.88. The van der Waals surface area contributed by atoms with Gasteiger partial charge in [0.05, 0.1) is 0 Å². The normalized spacial score (nSPS) is 11.5. The molecule has 0 aliphatic rings. The highest BCUT2D eigenvalue weighted by Crippen LogP contribution is 2.30. The number of halogens is 3. The maximum Gasteiger partial charge on any atom is 0.433 e. The van der Waals surface area contributed by atoms with Gasteiger partial charge in [0.2, 0.25) is 5.91 Å². The van der Waals surface area contributed by atoms with Gasteiger partial charge in [0.1, 0.15) is 11.4 Å². The number of hydrogen-bond acceptors (Lipinski definition) is 3. The zero-order chi connectivity index (χ0) is 22.4. The highest BCUT2D eigenvalue weighted by Gasteiger charge is 2.33. The Bertz CT molecular complexity index is 1000. The van der Waals surface area contributed by atoms with Crippen LogP contribution in [-0.4, -0.2) is 16.0 Å². The molecular weight excluding hydrogens is 393 g/mol. The lowest BCUT2D eigenvalue weighted by Crippen LogP contribution is -2.30. The van der Waals surface area contributed by atoms with Gasteiger partial charge in [-0.15, -0.1) is 0 Å². The van der Waals surface area contributed by atoms with Crippen molar-refractivity contribution in [3.63, 3.8) is 0 Å². The first-order valence-corrected chi connectivity index (χ1v) is 9.55. The van der Waals surface area contributed by atoms with Crippen LogP contribution in [0.25, 0.3) is 10.8 Å². The van der Waals surface area contributed by atoms with E-state index in [1.165, 1.54) is 6.07 Å². The summed E-state index contributed by atoms with van der Waals surface area (Å²) in [5, 5.41) is 13.9. The third-order valence-electron chi connectivity index (χ3n) is 4.53. The molecule has 4 nitrogen and oxygen atoms in total. The van der Waals surface area contributed by atoms with Gasteiger partial charge in [-0.3, -0.25) is 9.78 Å². The molecule has 0 radical (unpaired) electrons. The lowest BCUT2D eigenvalue weighted by molar-refractivity contribution is -0.141. The number of carbonyl (C=O) groups is 1. The van der Waals surface area contributed by atoms with E-state index in [9.17, 15) is 18.0 Å². The molecule has 2 aromatic carbocycles. The van der Waals surface area contributed by atoms with Crippen molar-refractivity contribution >= 4 is 22.4 Å². The molecule has 0 aliphatic carbocycles. The Labute approximate surface area is 173 Å². The number of phenols is 1. The molecule has 0 spiro atoms. The third-order valence-corrected chi connectivity index (χ3v) is 4.53. The summed E-state index contributed by atoms with van der Waals surface area (Å²) < 4.78 is 37.5. The van der Waals surface area contributed by atoms with E-state index in [0.29, 0.717) is 12.2 Å². The van der Waals surface area contributed by atoms with Crippen LogP contribution in [0.4, 0.5) is 18.9 Å². The molecule has 1 amide bonds. The number of hydrogen-bond donors (Lipinski definition) is 2. The number of phenolic OH excluding ortho intramolecular Hbond substituents is 1. The van der Waals surface area contributed by atoms with Gasteiger partial charge in [-0.05, 0) is 41.5 Å². The molecule has 2 N–H and O–H groups in total. The number of pyridine rings is 1. The van der Waals surface area contributed by atoms with Crippen molar-refractivity contribution in [2.45, 2.75) is 39.8 Å². The standard InChI is InChI=1S/C13H17F3N2O.C10H8O/c1-4-6-12(2,3)11(19)18-9-5-7-17-10(8-9)13(14,15)16;11-10-6-5-8-3-1-2-4-9(8)7-10/h5,7-8H,4,6H2,1-3H3,(H,17,18,19);1-7,11H. The number of carbonyl (C=O) groups excluding carboxylic acids is 1. The molecule has 7 heteroatoms. The Morgan fingerprint density at radius 3 is 2.33 bits per heavy atom. The van der Waals surface area contributed by atoms with Crippen LogP contribution in [0.3, 0.4) is 0 Å². The number of alkyl halides is 3. The van der Waals surface area contributed by atoms with Crippen molar-refractivity contribution in [3.05, 3.63) is 66.5 Å². The molecule has 3 rings (SSSR count). The minimum absolute atomic E-state index is 0.108. The maximum absolute atomic E-state index is 12.5. The number of aromatic nitrogens is 1. The molecule has 0 saturated heterocycles. The van der Waals surface area contributed by atoms with Gasteiger partial charge in [-0.1, -0.05) is 57.5 Å². The lowest BCUT2D eigenvalue weighted by atomic mass is 9.87. The zero-order valence-corrected chi connectivity index (χ0v) is 17.1. The topological polar surface area (TPSA) is 62.2 Å². The van der Waals surface area contributed by atoms with E-state index in [2.05, 4.69) is 10.3 Å². The fraction of sp³-hybridized carbons (Fsp3) is 0.304. The minimum Gasteiger partial charge on any atom is -0.508 e. The van der Waals surface area contributed by atoms with Crippen LogP contribution < -0.4 is 5.32 Å². The van der Waals surface area contributed by atoms with Gasteiger partial charge in [0.15, 0.2) is 0 Å². The predicted octanol–water partition coefficient (Wildman–Crippen LogP) is 6.41. The SMILES string of the molecule is CCCC(C)(C)C(=O)Nc1ccnc(C(F)(F)F)c1.Oc1ccc2ccccc2c1. The smallest absolute Gasteiger partial charge is 0.433 e. The molecule has 30 heavy (non-hydrogen) atoms. The Kier molecular flexibility index (Phi) is 7.43. The predicted molar refractivity (Wildman–Crippen MR) is 112 cm³/mol. The number of rotatable bonds is 4. The van der Waals surface area contributed by atoms with Gasteiger partial charge in [0.25, 0.3) is 0 Å². The first kappa shape index (κ1) is 23.2. The second-order valence-electron chi connectivity index (χ2n) is 7.55. The summed E-state index contributed by atoms with van der Waals surface area (Å²) in [6.45, 7) is 5.47. The number of nitrogens with one attached hydrogen (secondary N) is 1. The van der Waals surface area contributed by atoms with Crippen LogP contribution in [0.2, 0.25) is 0 Å². The van der Waals surface area contributed by atoms with E-state index in [1.807, 2.05) is 37.3 Å². The van der Waals surface area contributed by atoms with Gasteiger partial charge in [0, 0.05) is 17.3 Å². The second kappa shape index (κ2) is 9.61. The maximum atomic E-state index is 12.5. The Hall–Kier alpha value is -3.09. The summed E-state index contributed by atoms with van der Waals surface area (Å²) in [4.78, 5) is 15.2. The molecular formula is C23H25F3N2O2. The van der Waals surface area contributed by atoms with E-state index >= 15 is 0 Å². The summed E-state index contributed by atoms with van der Waals surface area (Å²) in [6.07, 6.45) is -1.99. The average molecular weight is 418 g/mol. The van der Waals surface area contributed by atoms with Crippen molar-refractivity contribution in [3.8, 4) is 5.75 Å². The van der Waals surface area contributed by atoms with Crippen molar-refractivity contribution in [1.29, 1.82) is 0 Å². The van der Waals surface area contributed by atoms with Crippen LogP contribution in [-0.2, 0) is 11.0 Å². The van der Waals surface area contributed by atoms with E-state index in [0.717, 1.165) is 29.5 Å². The number of benzene rings is 2. The van der Waals surface area contributed by atoms with E-state index < -0.39 is 17.3 Å². The van der Waals surface area contributed by atoms with E-state index in [1.54, 1.807) is 26.0 Å². The third kappa shape index (κ3) is 6.47. The highest BCUT2D eigenvalue weighted by atomic mass is 19.4. The first-order chi connectivity index (χ1) is 14.0. The number of fused-ring (bicyclic) bond motifs is 1. The summed E-state index contributed by atoms with van der Waals surface area (Å²) in [7, 11) is 0. The van der Waals surface area contributed by atoms with Gasteiger partial charge in [-0.25, -0.2) is 0 Å². The molecule has 0 atom stereocenters. The number of amides is 1. The number of anilines is 1. The molecule has 0 fully saturated rings. The fourth-order valence-electron chi connectivity index (χ4n) is 2.88. The average Bonchev–Trinajstić information content (AvgIpc) is 2.68. The van der Waals surface area contributed by atoms with Crippen LogP contribution in [0.15, 0.2) is 60.8 Å². The molecule has 0 aliphatic heterocycles. The van der Waals surface area contributed by atoms with Crippen LogP contribution >= 0.6 is 0 Å². The molecule has 1 heterocycles. The Morgan fingerprint density at radius 2 is 1.70 bits per heavy atom. The zero-order valence-electron chi connectivity index (χ0n) is 17.1. The molecule has 0 bridgehead atoms. The van der Waals surface area contributed by atoms with E-state index in [4.69, 9.17) is 5.11 Å². The van der Waals surface area contributed by atoms with Crippen molar-refractivity contribution < 1.29 is 23.1 Å². The number of nitrogens with zero attached hydrogens (tertiary/aromatic N) is 1. The first-order valence-electron chi connectivity index (χ1n) is 9.55. The van der Waals surface area contributed by atoms with Crippen LogP contribution in [0.5, 0.6) is 5.75 Å². The number of aromatic hydroxyl groups is 1. The Balaban J connectivity index is 0.000000244. The summed E-state index contributed by atoms with van der Waals surface area (Å²) in [5.74, 6) is 0.0253. The van der Waals surface area contributed by atoms with E-state index in [-0.39, 0.29) is 11.6 Å². The molecule has 3 aromatic rings. The Morgan fingerprint density at radius 1 is 1.03 bits per heavy atom. The molecule has 160 valence electrons. The molecule has 0 saturated carbocycles. The van der Waals surface area contributed by atoms with Crippen LogP contribution in [0.1, 0.15) is 39.3 Å². The largest absolute Gasteiger partial charge is 0.508 e. The van der Waals surface area contributed by atoms with Crippen molar-refractivity contribution in [1.82, 2.24) is 4.98 Å². The summed E-state index contributed by atoms with van der Waals surface area (Å²) in [6, 6.07) is 15.5. The summed E-state index contributed by atoms with van der Waals surface area (Å²) >= 11 is 0. The summed E-state index contributed by atoms with van der Waals surface area (Å²) in [5.41, 5.74) is -1.52. The van der Waals surface area contributed by atoms with Crippen molar-refractivity contribution in [2.75, 3.05) is 5.32 Å².